The first-order chi connectivity index (χ1) is 11.6. The van der Waals surface area contributed by atoms with E-state index in [1.54, 1.807) is 19.4 Å². The summed E-state index contributed by atoms with van der Waals surface area (Å²) >= 11 is 1.45. The molecule has 0 amide bonds. The predicted octanol–water partition coefficient (Wildman–Crippen LogP) is 1.52. The molecule has 2 aromatic rings. The van der Waals surface area contributed by atoms with E-state index in [2.05, 4.69) is 27.2 Å². The van der Waals surface area contributed by atoms with Crippen LogP contribution < -0.4 is 14.8 Å². The first-order valence-corrected chi connectivity index (χ1v) is 8.52. The minimum Gasteiger partial charge on any atom is -0.481 e. The van der Waals surface area contributed by atoms with E-state index in [0.29, 0.717) is 18.3 Å². The number of hydrogen-bond donors (Lipinski definition) is 2. The minimum absolute atomic E-state index is 0.0500. The van der Waals surface area contributed by atoms with E-state index in [0.717, 1.165) is 16.4 Å². The predicted molar refractivity (Wildman–Crippen MR) is 90.4 cm³/mol. The molecule has 2 aromatic heterocycles. The Labute approximate surface area is 144 Å². The van der Waals surface area contributed by atoms with E-state index in [1.807, 2.05) is 11.9 Å². The summed E-state index contributed by atoms with van der Waals surface area (Å²) in [5, 5.41) is 14.4. The largest absolute Gasteiger partial charge is 0.481 e. The van der Waals surface area contributed by atoms with Crippen LogP contribution in [0.25, 0.3) is 0 Å². The molecule has 0 saturated carbocycles. The third kappa shape index (κ3) is 3.58. The average molecular weight is 351 g/mol. The second kappa shape index (κ2) is 7.29. The quantitative estimate of drug-likeness (QED) is 0.809. The molecular weight excluding hydrogens is 330 g/mol. The fourth-order valence-corrected chi connectivity index (χ4v) is 3.56. The van der Waals surface area contributed by atoms with Crippen molar-refractivity contribution in [3.63, 3.8) is 0 Å². The number of nitrogens with one attached hydrogen (secondary N) is 1. The fraction of sp³-hybridized carbons (Fsp3) is 0.533. The zero-order chi connectivity index (χ0) is 17.1. The number of aliphatic hydroxyl groups is 1. The molecule has 0 radical (unpaired) electrons. The second-order valence-corrected chi connectivity index (χ2v) is 6.67. The van der Waals surface area contributed by atoms with Gasteiger partial charge in [0.05, 0.1) is 18.1 Å². The molecule has 0 spiro atoms. The van der Waals surface area contributed by atoms with Gasteiger partial charge in [-0.25, -0.2) is 15.0 Å². The van der Waals surface area contributed by atoms with Crippen LogP contribution in [-0.2, 0) is 0 Å². The smallest absolute Gasteiger partial charge is 0.220 e. The molecule has 130 valence electrons. The number of ether oxygens (including phenoxy) is 2. The highest BCUT2D eigenvalue weighted by Gasteiger charge is 2.36. The average Bonchev–Trinajstić information content (AvgIpc) is 3.21. The number of thiazole rings is 1. The van der Waals surface area contributed by atoms with Gasteiger partial charge in [-0.2, -0.15) is 0 Å². The molecule has 1 fully saturated rings. The van der Waals surface area contributed by atoms with Gasteiger partial charge in [-0.3, -0.25) is 4.90 Å². The Morgan fingerprint density at radius 2 is 2.17 bits per heavy atom. The number of methoxy groups -OCH3 is 1. The van der Waals surface area contributed by atoms with Crippen molar-refractivity contribution in [3.8, 4) is 11.8 Å². The van der Waals surface area contributed by atoms with Gasteiger partial charge in [0.2, 0.25) is 11.8 Å². The Balaban J connectivity index is 1.65. The Kier molecular flexibility index (Phi) is 5.12. The van der Waals surface area contributed by atoms with Crippen LogP contribution in [0.3, 0.4) is 0 Å². The molecule has 3 heterocycles. The van der Waals surface area contributed by atoms with Crippen molar-refractivity contribution >= 4 is 16.5 Å². The molecule has 9 heteroatoms. The third-order valence-electron chi connectivity index (χ3n) is 4.00. The Morgan fingerprint density at radius 1 is 1.38 bits per heavy atom. The SMILES string of the molecule is CNc1ncc(C(O)N2CC(Oc3cc(OC)ncn3)CC2C)s1. The molecule has 1 aliphatic rings. The molecule has 0 bridgehead atoms. The zero-order valence-corrected chi connectivity index (χ0v) is 14.7. The number of hydrogen-bond acceptors (Lipinski definition) is 9. The molecule has 2 N–H and O–H groups in total. The number of aromatic nitrogens is 3. The van der Waals surface area contributed by atoms with Gasteiger partial charge in [0.25, 0.3) is 0 Å². The van der Waals surface area contributed by atoms with Gasteiger partial charge in [0.1, 0.15) is 18.7 Å². The Morgan fingerprint density at radius 3 is 2.88 bits per heavy atom. The third-order valence-corrected chi connectivity index (χ3v) is 5.06. The minimum atomic E-state index is -0.687. The van der Waals surface area contributed by atoms with Crippen LogP contribution in [0.4, 0.5) is 5.13 Å². The summed E-state index contributed by atoms with van der Waals surface area (Å²) in [6, 6.07) is 1.85. The van der Waals surface area contributed by atoms with Crippen molar-refractivity contribution < 1.29 is 14.6 Å². The number of likely N-dealkylation sites (tertiary alicyclic amines) is 1. The molecule has 24 heavy (non-hydrogen) atoms. The molecular formula is C15H21N5O3S. The van der Waals surface area contributed by atoms with Gasteiger partial charge in [0.15, 0.2) is 5.13 Å². The molecule has 1 saturated heterocycles. The van der Waals surface area contributed by atoms with Crippen LogP contribution in [0.2, 0.25) is 0 Å². The maximum absolute atomic E-state index is 10.6. The van der Waals surface area contributed by atoms with Crippen molar-refractivity contribution in [1.29, 1.82) is 0 Å². The molecule has 1 aliphatic heterocycles. The summed E-state index contributed by atoms with van der Waals surface area (Å²) in [5.41, 5.74) is 0. The maximum Gasteiger partial charge on any atom is 0.220 e. The van der Waals surface area contributed by atoms with E-state index in [4.69, 9.17) is 9.47 Å². The summed E-state index contributed by atoms with van der Waals surface area (Å²) < 4.78 is 11.0. The summed E-state index contributed by atoms with van der Waals surface area (Å²) in [7, 11) is 3.36. The lowest BCUT2D eigenvalue weighted by molar-refractivity contribution is -0.00493. The van der Waals surface area contributed by atoms with Gasteiger partial charge >= 0.3 is 0 Å². The van der Waals surface area contributed by atoms with E-state index in [9.17, 15) is 5.11 Å². The molecule has 3 rings (SSSR count). The van der Waals surface area contributed by atoms with Crippen LogP contribution in [0, 0.1) is 0 Å². The van der Waals surface area contributed by atoms with Gasteiger partial charge < -0.3 is 19.9 Å². The lowest BCUT2D eigenvalue weighted by Gasteiger charge is -2.25. The number of anilines is 1. The van der Waals surface area contributed by atoms with E-state index < -0.39 is 6.23 Å². The summed E-state index contributed by atoms with van der Waals surface area (Å²) in [4.78, 5) is 15.1. The van der Waals surface area contributed by atoms with Crippen LogP contribution >= 0.6 is 11.3 Å². The topological polar surface area (TPSA) is 92.6 Å². The highest BCUT2D eigenvalue weighted by Crippen LogP contribution is 2.33. The Bertz CT molecular complexity index is 683. The summed E-state index contributed by atoms with van der Waals surface area (Å²) in [5.74, 6) is 0.942. The summed E-state index contributed by atoms with van der Waals surface area (Å²) in [6.45, 7) is 2.69. The fourth-order valence-electron chi connectivity index (χ4n) is 2.79. The molecule has 8 nitrogen and oxygen atoms in total. The highest BCUT2D eigenvalue weighted by molar-refractivity contribution is 7.15. The number of nitrogens with zero attached hydrogens (tertiary/aromatic N) is 4. The monoisotopic (exact) mass is 351 g/mol. The van der Waals surface area contributed by atoms with Crippen LogP contribution in [-0.4, -0.2) is 57.8 Å². The van der Waals surface area contributed by atoms with Gasteiger partial charge in [-0.1, -0.05) is 11.3 Å². The highest BCUT2D eigenvalue weighted by atomic mass is 32.1. The van der Waals surface area contributed by atoms with Crippen LogP contribution in [0.15, 0.2) is 18.6 Å². The summed E-state index contributed by atoms with van der Waals surface area (Å²) in [6.07, 6.45) is 3.19. The van der Waals surface area contributed by atoms with Crippen molar-refractivity contribution in [2.45, 2.75) is 31.7 Å². The van der Waals surface area contributed by atoms with Gasteiger partial charge in [-0.15, -0.1) is 0 Å². The van der Waals surface area contributed by atoms with E-state index in [-0.39, 0.29) is 12.1 Å². The number of rotatable bonds is 6. The molecule has 0 aromatic carbocycles. The van der Waals surface area contributed by atoms with Crippen molar-refractivity contribution in [3.05, 3.63) is 23.5 Å². The van der Waals surface area contributed by atoms with Crippen molar-refractivity contribution in [1.82, 2.24) is 19.9 Å². The lowest BCUT2D eigenvalue weighted by atomic mass is 10.2. The van der Waals surface area contributed by atoms with E-state index >= 15 is 0 Å². The van der Waals surface area contributed by atoms with Gasteiger partial charge in [-0.05, 0) is 6.92 Å². The Hall–Kier alpha value is -1.97. The molecule has 0 aliphatic carbocycles. The standard InChI is InChI=1S/C15H21N5O3S/c1-9-4-10(23-13-5-12(22-3)18-8-19-13)7-20(9)14(21)11-6-17-15(16-2)24-11/h5-6,8-10,14,21H,4,7H2,1-3H3,(H,16,17). The van der Waals surface area contributed by atoms with E-state index in [1.165, 1.54) is 17.7 Å². The number of aliphatic hydroxyl groups excluding tert-OH is 1. The maximum atomic E-state index is 10.6. The van der Waals surface area contributed by atoms with Crippen LogP contribution in [0.1, 0.15) is 24.4 Å². The zero-order valence-electron chi connectivity index (χ0n) is 13.8. The van der Waals surface area contributed by atoms with Crippen LogP contribution in [0.5, 0.6) is 11.8 Å². The molecule has 3 atom stereocenters. The lowest BCUT2D eigenvalue weighted by Crippen LogP contribution is -2.32. The normalized spacial score (nSPS) is 22.3. The molecule has 3 unspecified atom stereocenters. The second-order valence-electron chi connectivity index (χ2n) is 5.61. The van der Waals surface area contributed by atoms with Crippen molar-refractivity contribution in [2.75, 3.05) is 26.0 Å². The first-order valence-electron chi connectivity index (χ1n) is 7.70. The first kappa shape index (κ1) is 16.9. The van der Waals surface area contributed by atoms with Gasteiger partial charge in [0, 0.05) is 32.3 Å². The van der Waals surface area contributed by atoms with Crippen molar-refractivity contribution in [2.24, 2.45) is 0 Å².